The fourth-order valence-corrected chi connectivity index (χ4v) is 3.60. The van der Waals surface area contributed by atoms with Crippen LogP contribution in [0.2, 0.25) is 0 Å². The van der Waals surface area contributed by atoms with Crippen molar-refractivity contribution in [1.82, 2.24) is 0 Å². The Labute approximate surface area is 124 Å². The molecule has 0 fully saturated rings. The van der Waals surface area contributed by atoms with E-state index in [0.717, 1.165) is 28.0 Å². The van der Waals surface area contributed by atoms with Gasteiger partial charge in [0.2, 0.25) is 5.91 Å². The molecule has 1 aliphatic rings. The lowest BCUT2D eigenvalue weighted by atomic mass is 9.93. The molecule has 0 bridgehead atoms. The minimum Gasteiger partial charge on any atom is -0.314 e. The van der Waals surface area contributed by atoms with Crippen LogP contribution in [0.25, 0.3) is 0 Å². The van der Waals surface area contributed by atoms with Crippen LogP contribution in [0.3, 0.4) is 0 Å². The Bertz CT molecular complexity index is 578. The van der Waals surface area contributed by atoms with E-state index in [0.29, 0.717) is 0 Å². The third kappa shape index (κ3) is 2.29. The summed E-state index contributed by atoms with van der Waals surface area (Å²) in [6, 6.07) is 7.78. The second-order valence-electron chi connectivity index (χ2n) is 5.19. The molecule has 106 valence electrons. The van der Waals surface area contributed by atoms with Crippen molar-refractivity contribution in [3.63, 3.8) is 0 Å². The Balaban J connectivity index is 2.62. The number of benzene rings is 1. The molecule has 1 aromatic carbocycles. The highest BCUT2D eigenvalue weighted by Crippen LogP contribution is 2.45. The van der Waals surface area contributed by atoms with Crippen molar-refractivity contribution < 1.29 is 9.59 Å². The van der Waals surface area contributed by atoms with Gasteiger partial charge in [-0.25, -0.2) is 0 Å². The third-order valence-corrected chi connectivity index (χ3v) is 4.61. The maximum absolute atomic E-state index is 12.6. The number of rotatable bonds is 4. The normalized spacial score (nSPS) is 19.1. The first-order chi connectivity index (χ1) is 9.52. The molecule has 1 unspecified atom stereocenters. The zero-order valence-corrected chi connectivity index (χ0v) is 13.0. The summed E-state index contributed by atoms with van der Waals surface area (Å²) in [5, 5.41) is 0. The van der Waals surface area contributed by atoms with Crippen molar-refractivity contribution >= 4 is 29.6 Å². The topological polar surface area (TPSA) is 37.4 Å². The van der Waals surface area contributed by atoms with Gasteiger partial charge in [0.15, 0.2) is 0 Å². The Morgan fingerprint density at radius 1 is 1.35 bits per heavy atom. The maximum atomic E-state index is 12.6. The Kier molecular flexibility index (Phi) is 4.33. The van der Waals surface area contributed by atoms with Gasteiger partial charge in [-0.15, -0.1) is 11.8 Å². The number of carbonyl (C=O) groups excluding carboxylic acids is 2. The van der Waals surface area contributed by atoms with Crippen molar-refractivity contribution in [3.05, 3.63) is 40.3 Å². The first kappa shape index (κ1) is 14.9. The average molecular weight is 289 g/mol. The summed E-state index contributed by atoms with van der Waals surface area (Å²) in [5.74, 6) is -0.190. The van der Waals surface area contributed by atoms with E-state index >= 15 is 0 Å². The number of aldehydes is 1. The molecule has 2 rings (SSSR count). The predicted molar refractivity (Wildman–Crippen MR) is 84.0 cm³/mol. The van der Waals surface area contributed by atoms with Gasteiger partial charge in [0.25, 0.3) is 0 Å². The van der Waals surface area contributed by atoms with Gasteiger partial charge in [-0.1, -0.05) is 32.0 Å². The largest absolute Gasteiger partial charge is 0.314 e. The number of para-hydroxylation sites is 1. The summed E-state index contributed by atoms with van der Waals surface area (Å²) < 4.78 is 0. The quantitative estimate of drug-likeness (QED) is 0.631. The standard InChI is InChI=1S/C16H19NO2S/c1-10(2)12(9-18)15(20-4)14-11-7-5-6-8-13(11)17(3)16(14)19/h5-10,14H,1-4H3/b15-12-. The Hall–Kier alpha value is -1.55. The zero-order chi connectivity index (χ0) is 14.9. The summed E-state index contributed by atoms with van der Waals surface area (Å²) in [6.45, 7) is 3.96. The monoisotopic (exact) mass is 289 g/mol. The average Bonchev–Trinajstić information content (AvgIpc) is 2.69. The van der Waals surface area contributed by atoms with Crippen molar-refractivity contribution in [2.45, 2.75) is 19.8 Å². The predicted octanol–water partition coefficient (Wildman–Crippen LogP) is 3.22. The van der Waals surface area contributed by atoms with Crippen LogP contribution in [-0.4, -0.2) is 25.5 Å². The molecule has 1 heterocycles. The van der Waals surface area contributed by atoms with Crippen molar-refractivity contribution in [2.24, 2.45) is 5.92 Å². The lowest BCUT2D eigenvalue weighted by Gasteiger charge is -2.18. The molecule has 0 radical (unpaired) electrons. The van der Waals surface area contributed by atoms with Crippen molar-refractivity contribution in [3.8, 4) is 0 Å². The van der Waals surface area contributed by atoms with Gasteiger partial charge in [-0.05, 0) is 23.8 Å². The van der Waals surface area contributed by atoms with Crippen LogP contribution in [0, 0.1) is 5.92 Å². The van der Waals surface area contributed by atoms with Crippen LogP contribution >= 0.6 is 11.8 Å². The number of likely N-dealkylation sites (N-methyl/N-ethyl adjacent to an activating group) is 1. The number of allylic oxidation sites excluding steroid dienone is 1. The van der Waals surface area contributed by atoms with Crippen LogP contribution in [0.4, 0.5) is 5.69 Å². The number of fused-ring (bicyclic) bond motifs is 1. The van der Waals surface area contributed by atoms with Gasteiger partial charge < -0.3 is 4.90 Å². The van der Waals surface area contributed by atoms with Gasteiger partial charge in [0.05, 0.1) is 5.92 Å². The molecule has 0 saturated heterocycles. The molecule has 1 aliphatic heterocycles. The van der Waals surface area contributed by atoms with Gasteiger partial charge >= 0.3 is 0 Å². The van der Waals surface area contributed by atoms with E-state index in [1.165, 1.54) is 11.8 Å². The summed E-state index contributed by atoms with van der Waals surface area (Å²) in [7, 11) is 1.79. The summed E-state index contributed by atoms with van der Waals surface area (Å²) >= 11 is 1.50. The molecule has 1 amide bonds. The number of hydrogen-bond donors (Lipinski definition) is 0. The minimum absolute atomic E-state index is 0.0375. The Morgan fingerprint density at radius 3 is 2.55 bits per heavy atom. The highest BCUT2D eigenvalue weighted by molar-refractivity contribution is 8.02. The molecule has 1 atom stereocenters. The summed E-state index contributed by atoms with van der Waals surface area (Å²) in [6.07, 6.45) is 2.82. The fourth-order valence-electron chi connectivity index (χ4n) is 2.62. The van der Waals surface area contributed by atoms with Crippen LogP contribution in [-0.2, 0) is 9.59 Å². The van der Waals surface area contributed by atoms with Crippen LogP contribution in [0.15, 0.2) is 34.7 Å². The molecule has 3 nitrogen and oxygen atoms in total. The van der Waals surface area contributed by atoms with Crippen molar-refractivity contribution in [2.75, 3.05) is 18.2 Å². The van der Waals surface area contributed by atoms with Crippen molar-refractivity contribution in [1.29, 1.82) is 0 Å². The Morgan fingerprint density at radius 2 is 2.00 bits per heavy atom. The van der Waals surface area contributed by atoms with Crippen LogP contribution < -0.4 is 4.90 Å². The zero-order valence-electron chi connectivity index (χ0n) is 12.2. The second-order valence-corrected chi connectivity index (χ2v) is 6.03. The van der Waals surface area contributed by atoms with Gasteiger partial charge in [0.1, 0.15) is 6.29 Å². The van der Waals surface area contributed by atoms with E-state index in [4.69, 9.17) is 0 Å². The number of thioether (sulfide) groups is 1. The van der Waals surface area contributed by atoms with Crippen LogP contribution in [0.1, 0.15) is 25.3 Å². The van der Waals surface area contributed by atoms with Gasteiger partial charge in [0, 0.05) is 23.2 Å². The highest BCUT2D eigenvalue weighted by atomic mass is 32.2. The SMILES string of the molecule is CS/C(=C(/C=O)C(C)C)C1C(=O)N(C)c2ccccc21. The molecule has 1 aromatic rings. The molecule has 0 spiro atoms. The number of anilines is 1. The maximum Gasteiger partial charge on any atom is 0.239 e. The van der Waals surface area contributed by atoms with E-state index in [9.17, 15) is 9.59 Å². The molecule has 0 saturated carbocycles. The van der Waals surface area contributed by atoms with Crippen LogP contribution in [0.5, 0.6) is 0 Å². The summed E-state index contributed by atoms with van der Waals surface area (Å²) in [4.78, 5) is 26.5. The third-order valence-electron chi connectivity index (χ3n) is 3.70. The number of carbonyl (C=O) groups is 2. The highest BCUT2D eigenvalue weighted by Gasteiger charge is 2.38. The van der Waals surface area contributed by atoms with E-state index in [-0.39, 0.29) is 17.7 Å². The smallest absolute Gasteiger partial charge is 0.239 e. The van der Waals surface area contributed by atoms with Gasteiger partial charge in [-0.3, -0.25) is 9.59 Å². The molecule has 4 heteroatoms. The number of hydrogen-bond acceptors (Lipinski definition) is 3. The molecule has 0 aromatic heterocycles. The molecule has 0 N–H and O–H groups in total. The van der Waals surface area contributed by atoms with E-state index in [1.54, 1.807) is 11.9 Å². The first-order valence-corrected chi connectivity index (χ1v) is 7.85. The van der Waals surface area contributed by atoms with E-state index in [1.807, 2.05) is 44.4 Å². The minimum atomic E-state index is -0.339. The molecular formula is C16H19NO2S. The molecular weight excluding hydrogens is 270 g/mol. The lowest BCUT2D eigenvalue weighted by molar-refractivity contribution is -0.118. The lowest BCUT2D eigenvalue weighted by Crippen LogP contribution is -2.25. The molecule has 20 heavy (non-hydrogen) atoms. The van der Waals surface area contributed by atoms with E-state index in [2.05, 4.69) is 0 Å². The fraction of sp³-hybridized carbons (Fsp3) is 0.375. The number of amides is 1. The second kappa shape index (κ2) is 5.83. The summed E-state index contributed by atoms with van der Waals surface area (Å²) in [5.41, 5.74) is 2.65. The van der Waals surface area contributed by atoms with E-state index < -0.39 is 0 Å². The first-order valence-electron chi connectivity index (χ1n) is 6.62. The number of nitrogens with zero attached hydrogens (tertiary/aromatic N) is 1. The molecule has 0 aliphatic carbocycles. The van der Waals surface area contributed by atoms with Gasteiger partial charge in [-0.2, -0.15) is 0 Å².